The van der Waals surface area contributed by atoms with Gasteiger partial charge in [0, 0.05) is 36.4 Å². The molecule has 138 valence electrons. The van der Waals surface area contributed by atoms with Gasteiger partial charge in [-0.1, -0.05) is 6.92 Å². The third kappa shape index (κ3) is 4.17. The van der Waals surface area contributed by atoms with Crippen LogP contribution in [0.4, 0.5) is 4.79 Å². The molecule has 1 aromatic heterocycles. The predicted molar refractivity (Wildman–Crippen MR) is 99.2 cm³/mol. The highest BCUT2D eigenvalue weighted by molar-refractivity contribution is 7.10. The fraction of sp³-hybridized carbons (Fsp3) is 0.684. The SMILES string of the molecule is CC1CCc2c(C(=O)N3CCN(C(=O)OC(C)(C)C)CC3)csc2C1. The number of piperazine rings is 1. The minimum Gasteiger partial charge on any atom is -0.444 e. The van der Waals surface area contributed by atoms with Gasteiger partial charge in [0.15, 0.2) is 0 Å². The van der Waals surface area contributed by atoms with E-state index in [1.807, 2.05) is 31.1 Å². The lowest BCUT2D eigenvalue weighted by Crippen LogP contribution is -2.51. The van der Waals surface area contributed by atoms with Gasteiger partial charge in [-0.15, -0.1) is 11.3 Å². The average molecular weight is 365 g/mol. The first-order valence-corrected chi connectivity index (χ1v) is 9.99. The normalized spacial score (nSPS) is 21.0. The second-order valence-electron chi connectivity index (χ2n) is 8.16. The van der Waals surface area contributed by atoms with Crippen molar-refractivity contribution in [1.82, 2.24) is 9.80 Å². The summed E-state index contributed by atoms with van der Waals surface area (Å²) in [5, 5.41) is 2.03. The van der Waals surface area contributed by atoms with Gasteiger partial charge in [0.2, 0.25) is 0 Å². The molecule has 0 aromatic carbocycles. The van der Waals surface area contributed by atoms with E-state index in [0.29, 0.717) is 32.1 Å². The number of hydrogen-bond acceptors (Lipinski definition) is 4. The van der Waals surface area contributed by atoms with E-state index >= 15 is 0 Å². The van der Waals surface area contributed by atoms with Gasteiger partial charge in [0.1, 0.15) is 5.60 Å². The molecule has 2 amide bonds. The van der Waals surface area contributed by atoms with Crippen LogP contribution in [0.15, 0.2) is 5.38 Å². The minimum absolute atomic E-state index is 0.121. The van der Waals surface area contributed by atoms with Crippen LogP contribution >= 0.6 is 11.3 Å². The molecule has 2 aliphatic rings. The maximum atomic E-state index is 12.9. The quantitative estimate of drug-likeness (QED) is 0.765. The lowest BCUT2D eigenvalue weighted by atomic mass is 9.88. The van der Waals surface area contributed by atoms with Crippen LogP contribution in [0, 0.1) is 5.92 Å². The van der Waals surface area contributed by atoms with Gasteiger partial charge in [-0.25, -0.2) is 4.79 Å². The zero-order chi connectivity index (χ0) is 18.2. The van der Waals surface area contributed by atoms with Crippen LogP contribution in [0.25, 0.3) is 0 Å². The lowest BCUT2D eigenvalue weighted by molar-refractivity contribution is 0.0141. The van der Waals surface area contributed by atoms with Crippen molar-refractivity contribution < 1.29 is 14.3 Å². The van der Waals surface area contributed by atoms with Crippen LogP contribution in [0.5, 0.6) is 0 Å². The highest BCUT2D eigenvalue weighted by atomic mass is 32.1. The first kappa shape index (κ1) is 18.2. The highest BCUT2D eigenvalue weighted by Crippen LogP contribution is 2.33. The molecule has 1 saturated heterocycles. The number of nitrogens with zero attached hydrogens (tertiary/aromatic N) is 2. The Morgan fingerprint density at radius 1 is 1.16 bits per heavy atom. The maximum Gasteiger partial charge on any atom is 0.410 e. The molecule has 0 bridgehead atoms. The fourth-order valence-corrected chi connectivity index (χ4v) is 4.68. The molecule has 1 atom stereocenters. The Morgan fingerprint density at radius 2 is 1.80 bits per heavy atom. The molecular weight excluding hydrogens is 336 g/mol. The zero-order valence-electron chi connectivity index (χ0n) is 15.6. The molecule has 1 aliphatic heterocycles. The molecule has 0 saturated carbocycles. The van der Waals surface area contributed by atoms with E-state index in [2.05, 4.69) is 6.92 Å². The largest absolute Gasteiger partial charge is 0.444 e. The summed E-state index contributed by atoms with van der Waals surface area (Å²) in [6.45, 7) is 10.1. The summed E-state index contributed by atoms with van der Waals surface area (Å²) >= 11 is 1.73. The monoisotopic (exact) mass is 364 g/mol. The van der Waals surface area contributed by atoms with Crippen molar-refractivity contribution in [3.05, 3.63) is 21.4 Å². The number of fused-ring (bicyclic) bond motifs is 1. The Balaban J connectivity index is 1.60. The lowest BCUT2D eigenvalue weighted by Gasteiger charge is -2.35. The van der Waals surface area contributed by atoms with E-state index in [1.165, 1.54) is 10.4 Å². The third-order valence-corrected chi connectivity index (χ3v) is 5.90. The highest BCUT2D eigenvalue weighted by Gasteiger charge is 2.30. The number of amides is 2. The van der Waals surface area contributed by atoms with Gasteiger partial charge in [-0.3, -0.25) is 4.79 Å². The summed E-state index contributed by atoms with van der Waals surface area (Å²) in [7, 11) is 0. The van der Waals surface area contributed by atoms with E-state index in [9.17, 15) is 9.59 Å². The summed E-state index contributed by atoms with van der Waals surface area (Å²) in [6, 6.07) is 0. The van der Waals surface area contributed by atoms with Crippen molar-refractivity contribution in [3.63, 3.8) is 0 Å². The van der Waals surface area contributed by atoms with Gasteiger partial charge in [-0.2, -0.15) is 0 Å². The molecule has 3 rings (SSSR count). The second-order valence-corrected chi connectivity index (χ2v) is 9.12. The Bertz CT molecular complexity index is 654. The Labute approximate surface area is 153 Å². The van der Waals surface area contributed by atoms with Gasteiger partial charge in [0.05, 0.1) is 5.56 Å². The van der Waals surface area contributed by atoms with E-state index in [0.717, 1.165) is 24.8 Å². The predicted octanol–water partition coefficient (Wildman–Crippen LogP) is 3.57. The number of carbonyl (C=O) groups excluding carboxylic acids is 2. The molecule has 1 fully saturated rings. The van der Waals surface area contributed by atoms with Crippen molar-refractivity contribution in [2.75, 3.05) is 26.2 Å². The van der Waals surface area contributed by atoms with Crippen LogP contribution in [0.2, 0.25) is 0 Å². The van der Waals surface area contributed by atoms with Crippen LogP contribution in [0.1, 0.15) is 54.9 Å². The summed E-state index contributed by atoms with van der Waals surface area (Å²) in [4.78, 5) is 30.0. The molecule has 1 aliphatic carbocycles. The first-order valence-electron chi connectivity index (χ1n) is 9.11. The Hall–Kier alpha value is -1.56. The second kappa shape index (κ2) is 6.98. The molecule has 25 heavy (non-hydrogen) atoms. The Morgan fingerprint density at radius 3 is 2.44 bits per heavy atom. The molecular formula is C19H28N2O3S. The van der Waals surface area contributed by atoms with Crippen LogP contribution in [0.3, 0.4) is 0 Å². The van der Waals surface area contributed by atoms with E-state index in [1.54, 1.807) is 16.2 Å². The molecule has 0 N–H and O–H groups in total. The van der Waals surface area contributed by atoms with Gasteiger partial charge in [-0.05, 0) is 51.5 Å². The Kier molecular flexibility index (Phi) is 5.09. The van der Waals surface area contributed by atoms with Crippen molar-refractivity contribution in [3.8, 4) is 0 Å². The number of thiophene rings is 1. The fourth-order valence-electron chi connectivity index (χ4n) is 3.45. The summed E-state index contributed by atoms with van der Waals surface area (Å²) in [5.41, 5.74) is 1.66. The van der Waals surface area contributed by atoms with Crippen molar-refractivity contribution >= 4 is 23.3 Å². The molecule has 1 unspecified atom stereocenters. The van der Waals surface area contributed by atoms with E-state index < -0.39 is 5.60 Å². The number of hydrogen-bond donors (Lipinski definition) is 0. The van der Waals surface area contributed by atoms with Crippen LogP contribution in [-0.4, -0.2) is 53.6 Å². The minimum atomic E-state index is -0.489. The smallest absolute Gasteiger partial charge is 0.410 e. The van der Waals surface area contributed by atoms with Gasteiger partial charge < -0.3 is 14.5 Å². The summed E-state index contributed by atoms with van der Waals surface area (Å²) in [5.74, 6) is 0.836. The van der Waals surface area contributed by atoms with Gasteiger partial charge >= 0.3 is 6.09 Å². The van der Waals surface area contributed by atoms with Crippen molar-refractivity contribution in [2.45, 2.75) is 52.6 Å². The van der Waals surface area contributed by atoms with Gasteiger partial charge in [0.25, 0.3) is 5.91 Å². The molecule has 0 spiro atoms. The number of carbonyl (C=O) groups is 2. The molecule has 6 heteroatoms. The first-order chi connectivity index (χ1) is 11.7. The average Bonchev–Trinajstić information content (AvgIpc) is 2.95. The van der Waals surface area contributed by atoms with Crippen LogP contribution < -0.4 is 0 Å². The summed E-state index contributed by atoms with van der Waals surface area (Å²) < 4.78 is 5.41. The molecule has 2 heterocycles. The van der Waals surface area contributed by atoms with E-state index in [4.69, 9.17) is 4.74 Å². The topological polar surface area (TPSA) is 49.9 Å². The standard InChI is InChI=1S/C19H28N2O3S/c1-13-5-6-14-15(12-25-16(14)11-13)17(22)20-7-9-21(10-8-20)18(23)24-19(2,3)4/h12-13H,5-11H2,1-4H3. The molecule has 5 nitrogen and oxygen atoms in total. The zero-order valence-corrected chi connectivity index (χ0v) is 16.4. The van der Waals surface area contributed by atoms with Crippen molar-refractivity contribution in [1.29, 1.82) is 0 Å². The maximum absolute atomic E-state index is 12.9. The van der Waals surface area contributed by atoms with E-state index in [-0.39, 0.29) is 12.0 Å². The third-order valence-electron chi connectivity index (χ3n) is 4.85. The summed E-state index contributed by atoms with van der Waals surface area (Å²) in [6.07, 6.45) is 2.98. The number of rotatable bonds is 1. The number of ether oxygens (including phenoxy) is 1. The van der Waals surface area contributed by atoms with Crippen molar-refractivity contribution in [2.24, 2.45) is 5.92 Å². The van der Waals surface area contributed by atoms with Crippen LogP contribution in [-0.2, 0) is 17.6 Å². The molecule has 1 aromatic rings. The molecule has 0 radical (unpaired) electrons.